The SMILES string of the molecule is Cc1cc(C(=O)N2C[C@@H](O)C[C@H]2c2ccc(F)c(F)c2)nc(C)n1. The molecule has 7 heteroatoms. The number of hydrogen-bond acceptors (Lipinski definition) is 4. The first-order valence-electron chi connectivity index (χ1n) is 7.61. The van der Waals surface area contributed by atoms with E-state index in [1.54, 1.807) is 19.9 Å². The number of rotatable bonds is 2. The Bertz CT molecular complexity index is 777. The van der Waals surface area contributed by atoms with Gasteiger partial charge in [-0.25, -0.2) is 18.7 Å². The van der Waals surface area contributed by atoms with Crippen molar-refractivity contribution in [2.45, 2.75) is 32.4 Å². The molecule has 1 aliphatic heterocycles. The van der Waals surface area contributed by atoms with Crippen LogP contribution in [0.4, 0.5) is 8.78 Å². The van der Waals surface area contributed by atoms with Crippen molar-refractivity contribution < 1.29 is 18.7 Å². The van der Waals surface area contributed by atoms with Crippen LogP contribution in [0.3, 0.4) is 0 Å². The summed E-state index contributed by atoms with van der Waals surface area (Å²) in [6.07, 6.45) is -0.462. The predicted molar refractivity (Wildman–Crippen MR) is 82.3 cm³/mol. The molecule has 1 aromatic heterocycles. The Hall–Kier alpha value is -2.41. The van der Waals surface area contributed by atoms with Gasteiger partial charge < -0.3 is 10.0 Å². The molecule has 0 radical (unpaired) electrons. The van der Waals surface area contributed by atoms with E-state index >= 15 is 0 Å². The number of aliphatic hydroxyl groups excluding tert-OH is 1. The molecule has 1 amide bonds. The molecule has 1 aromatic carbocycles. The quantitative estimate of drug-likeness (QED) is 0.916. The van der Waals surface area contributed by atoms with Gasteiger partial charge in [-0.05, 0) is 44.0 Å². The van der Waals surface area contributed by atoms with Crippen LogP contribution in [0.15, 0.2) is 24.3 Å². The van der Waals surface area contributed by atoms with E-state index in [9.17, 15) is 18.7 Å². The molecule has 1 N–H and O–H groups in total. The van der Waals surface area contributed by atoms with Gasteiger partial charge in [0.25, 0.3) is 5.91 Å². The Morgan fingerprint density at radius 2 is 1.96 bits per heavy atom. The molecular weight excluding hydrogens is 316 g/mol. The molecule has 1 aliphatic rings. The summed E-state index contributed by atoms with van der Waals surface area (Å²) in [5.74, 6) is -1.82. The van der Waals surface area contributed by atoms with Gasteiger partial charge >= 0.3 is 0 Å². The average molecular weight is 333 g/mol. The van der Waals surface area contributed by atoms with E-state index in [2.05, 4.69) is 9.97 Å². The van der Waals surface area contributed by atoms with Crippen molar-refractivity contribution in [1.29, 1.82) is 0 Å². The Morgan fingerprint density at radius 1 is 1.21 bits per heavy atom. The zero-order valence-corrected chi connectivity index (χ0v) is 13.3. The summed E-state index contributed by atoms with van der Waals surface area (Å²) in [7, 11) is 0. The lowest BCUT2D eigenvalue weighted by Crippen LogP contribution is -2.32. The molecule has 2 atom stereocenters. The number of aliphatic hydroxyl groups is 1. The highest BCUT2D eigenvalue weighted by molar-refractivity contribution is 5.93. The zero-order chi connectivity index (χ0) is 17.4. The smallest absolute Gasteiger partial charge is 0.273 e. The molecule has 0 spiro atoms. The normalized spacial score (nSPS) is 20.5. The average Bonchev–Trinajstić information content (AvgIpc) is 2.90. The minimum atomic E-state index is -0.977. The monoisotopic (exact) mass is 333 g/mol. The Morgan fingerprint density at radius 3 is 2.62 bits per heavy atom. The molecule has 0 unspecified atom stereocenters. The highest BCUT2D eigenvalue weighted by Gasteiger charge is 2.36. The van der Waals surface area contributed by atoms with Crippen molar-refractivity contribution in [3.8, 4) is 0 Å². The van der Waals surface area contributed by atoms with Gasteiger partial charge in [-0.2, -0.15) is 0 Å². The maximum atomic E-state index is 13.5. The number of aromatic nitrogens is 2. The van der Waals surface area contributed by atoms with Crippen LogP contribution in [0.1, 0.15) is 40.0 Å². The zero-order valence-electron chi connectivity index (χ0n) is 13.3. The second-order valence-electron chi connectivity index (χ2n) is 5.98. The number of benzene rings is 1. The van der Waals surface area contributed by atoms with E-state index in [0.29, 0.717) is 17.1 Å². The number of β-amino-alcohol motifs (C(OH)–C–C–N with tert-alkyl or cyclic N) is 1. The first kappa shape index (κ1) is 16.4. The molecular formula is C17H17F2N3O2. The maximum absolute atomic E-state index is 13.5. The van der Waals surface area contributed by atoms with Crippen LogP contribution in [0.25, 0.3) is 0 Å². The van der Waals surface area contributed by atoms with E-state index in [1.165, 1.54) is 11.0 Å². The van der Waals surface area contributed by atoms with Gasteiger partial charge in [0.1, 0.15) is 11.5 Å². The third-order valence-corrected chi connectivity index (χ3v) is 4.05. The number of amides is 1. The van der Waals surface area contributed by atoms with Crippen molar-refractivity contribution >= 4 is 5.91 Å². The standard InChI is InChI=1S/C17H17F2N3O2/c1-9-5-15(21-10(2)20-9)17(24)22-8-12(23)7-16(22)11-3-4-13(18)14(19)6-11/h3-6,12,16,23H,7-8H2,1-2H3/t12-,16-/m0/s1. The molecule has 2 aromatic rings. The van der Waals surface area contributed by atoms with Crippen molar-refractivity contribution in [2.75, 3.05) is 6.54 Å². The summed E-state index contributed by atoms with van der Waals surface area (Å²) in [5.41, 5.74) is 1.33. The molecule has 0 bridgehead atoms. The highest BCUT2D eigenvalue weighted by atomic mass is 19.2. The number of hydrogen-bond donors (Lipinski definition) is 1. The molecule has 2 heterocycles. The van der Waals surface area contributed by atoms with Crippen LogP contribution < -0.4 is 0 Å². The number of carbonyl (C=O) groups excluding carboxylic acids is 1. The van der Waals surface area contributed by atoms with Gasteiger partial charge in [-0.15, -0.1) is 0 Å². The summed E-state index contributed by atoms with van der Waals surface area (Å²) in [6, 6.07) is 4.56. The number of carbonyl (C=O) groups is 1. The summed E-state index contributed by atoms with van der Waals surface area (Å²) in [6.45, 7) is 3.57. The van der Waals surface area contributed by atoms with Crippen molar-refractivity contribution in [2.24, 2.45) is 0 Å². The van der Waals surface area contributed by atoms with Crippen molar-refractivity contribution in [1.82, 2.24) is 14.9 Å². The molecule has 3 rings (SSSR count). The molecule has 5 nitrogen and oxygen atoms in total. The van der Waals surface area contributed by atoms with Gasteiger partial charge in [0.05, 0.1) is 12.1 Å². The van der Waals surface area contributed by atoms with Gasteiger partial charge in [-0.1, -0.05) is 6.07 Å². The summed E-state index contributed by atoms with van der Waals surface area (Å²) < 4.78 is 26.7. The van der Waals surface area contributed by atoms with Crippen molar-refractivity contribution in [3.63, 3.8) is 0 Å². The number of halogens is 2. The first-order valence-corrected chi connectivity index (χ1v) is 7.61. The van der Waals surface area contributed by atoms with Crippen LogP contribution in [-0.4, -0.2) is 38.5 Å². The predicted octanol–water partition coefficient (Wildman–Crippen LogP) is 2.32. The van der Waals surface area contributed by atoms with Crippen molar-refractivity contribution in [3.05, 3.63) is 58.7 Å². The Labute approximate surface area is 138 Å². The second kappa shape index (κ2) is 6.24. The maximum Gasteiger partial charge on any atom is 0.273 e. The van der Waals surface area contributed by atoms with Gasteiger partial charge in [-0.3, -0.25) is 4.79 Å². The molecule has 0 saturated carbocycles. The summed E-state index contributed by atoms with van der Waals surface area (Å²) in [4.78, 5) is 22.5. The Kier molecular flexibility index (Phi) is 4.28. The second-order valence-corrected chi connectivity index (χ2v) is 5.98. The lowest BCUT2D eigenvalue weighted by Gasteiger charge is -2.24. The van der Waals surface area contributed by atoms with E-state index in [-0.39, 0.29) is 24.6 Å². The molecule has 1 fully saturated rings. The highest BCUT2D eigenvalue weighted by Crippen LogP contribution is 2.33. The van der Waals surface area contributed by atoms with Gasteiger partial charge in [0, 0.05) is 12.2 Å². The minimum Gasteiger partial charge on any atom is -0.391 e. The number of aryl methyl sites for hydroxylation is 2. The molecule has 126 valence electrons. The largest absolute Gasteiger partial charge is 0.391 e. The Balaban J connectivity index is 1.95. The fraction of sp³-hybridized carbons (Fsp3) is 0.353. The first-order chi connectivity index (χ1) is 11.3. The van der Waals surface area contributed by atoms with Crippen LogP contribution in [-0.2, 0) is 0 Å². The molecule has 0 aliphatic carbocycles. The number of nitrogens with zero attached hydrogens (tertiary/aromatic N) is 3. The number of likely N-dealkylation sites (tertiary alicyclic amines) is 1. The van der Waals surface area contributed by atoms with E-state index in [1.807, 2.05) is 0 Å². The van der Waals surface area contributed by atoms with E-state index < -0.39 is 23.8 Å². The molecule has 1 saturated heterocycles. The lowest BCUT2D eigenvalue weighted by molar-refractivity contribution is 0.0709. The molecule has 24 heavy (non-hydrogen) atoms. The fourth-order valence-electron chi connectivity index (χ4n) is 3.05. The topological polar surface area (TPSA) is 66.3 Å². The van der Waals surface area contributed by atoms with Crippen LogP contribution in [0.2, 0.25) is 0 Å². The van der Waals surface area contributed by atoms with E-state index in [4.69, 9.17) is 0 Å². The van der Waals surface area contributed by atoms with Gasteiger partial charge in [0.15, 0.2) is 11.6 Å². The third-order valence-electron chi connectivity index (χ3n) is 4.05. The van der Waals surface area contributed by atoms with Crippen LogP contribution in [0, 0.1) is 25.5 Å². The summed E-state index contributed by atoms with van der Waals surface area (Å²) >= 11 is 0. The summed E-state index contributed by atoms with van der Waals surface area (Å²) in [5, 5.41) is 9.97. The van der Waals surface area contributed by atoms with Gasteiger partial charge in [0.2, 0.25) is 0 Å². The van der Waals surface area contributed by atoms with E-state index in [0.717, 1.165) is 12.1 Å². The van der Waals surface area contributed by atoms with Crippen LogP contribution in [0.5, 0.6) is 0 Å². The van der Waals surface area contributed by atoms with Crippen LogP contribution >= 0.6 is 0 Å². The third kappa shape index (κ3) is 3.12. The lowest BCUT2D eigenvalue weighted by atomic mass is 10.0. The fourth-order valence-corrected chi connectivity index (χ4v) is 3.05. The minimum absolute atomic E-state index is 0.116.